The molecule has 2 aromatic heterocycles. The monoisotopic (exact) mass is 325 g/mol. The van der Waals surface area contributed by atoms with Crippen LogP contribution in [0.1, 0.15) is 55.0 Å². The van der Waals surface area contributed by atoms with Crippen molar-refractivity contribution >= 4 is 11.7 Å². The molecule has 126 valence electrons. The van der Waals surface area contributed by atoms with Crippen molar-refractivity contribution in [3.05, 3.63) is 35.5 Å². The Bertz CT molecular complexity index is 760. The number of nitrogens with one attached hydrogen (secondary N) is 1. The molecule has 1 N–H and O–H groups in total. The fourth-order valence-electron chi connectivity index (χ4n) is 3.60. The molecule has 24 heavy (non-hydrogen) atoms. The summed E-state index contributed by atoms with van der Waals surface area (Å²) in [4.78, 5) is 16.4. The van der Waals surface area contributed by atoms with Crippen molar-refractivity contribution in [2.24, 2.45) is 0 Å². The Kier molecular flexibility index (Phi) is 4.70. The maximum Gasteiger partial charge on any atom is 0.245 e. The maximum atomic E-state index is 12.4. The Morgan fingerprint density at radius 2 is 2.12 bits per heavy atom. The summed E-state index contributed by atoms with van der Waals surface area (Å²) in [5, 5.41) is 12.6. The van der Waals surface area contributed by atoms with Gasteiger partial charge < -0.3 is 14.5 Å². The number of hydrogen-bond donors (Lipinski definition) is 1. The molecule has 0 radical (unpaired) electrons. The average Bonchev–Trinajstić information content (AvgIpc) is 3.16. The molecule has 0 unspecified atom stereocenters. The first-order valence-corrected chi connectivity index (χ1v) is 8.49. The topological polar surface area (TPSA) is 75.6 Å². The first-order chi connectivity index (χ1) is 11.6. The highest BCUT2D eigenvalue weighted by atomic mass is 16.2. The first-order valence-electron chi connectivity index (χ1n) is 8.49. The Balaban J connectivity index is 1.91. The number of hydrogen-bond acceptors (Lipinski definition) is 3. The van der Waals surface area contributed by atoms with Gasteiger partial charge in [0.05, 0.1) is 11.9 Å². The molecule has 1 amide bonds. The van der Waals surface area contributed by atoms with Crippen LogP contribution in [0.15, 0.2) is 18.7 Å². The lowest BCUT2D eigenvalue weighted by atomic mass is 9.95. The fraction of sp³-hybridized carbons (Fsp3) is 0.500. The van der Waals surface area contributed by atoms with Crippen molar-refractivity contribution in [2.75, 3.05) is 5.32 Å². The second-order valence-corrected chi connectivity index (χ2v) is 6.49. The third-order valence-corrected chi connectivity index (χ3v) is 4.95. The molecule has 2 aromatic rings. The fourth-order valence-corrected chi connectivity index (χ4v) is 3.60. The van der Waals surface area contributed by atoms with E-state index < -0.39 is 0 Å². The summed E-state index contributed by atoms with van der Waals surface area (Å²) in [7, 11) is 0. The largest absolute Gasteiger partial charge is 0.328 e. The van der Waals surface area contributed by atoms with Crippen LogP contribution in [0.2, 0.25) is 0 Å². The average molecular weight is 325 g/mol. The molecule has 6 heteroatoms. The lowest BCUT2D eigenvalue weighted by Gasteiger charge is -2.27. The molecule has 0 saturated heterocycles. The van der Waals surface area contributed by atoms with E-state index in [1.165, 1.54) is 19.3 Å². The summed E-state index contributed by atoms with van der Waals surface area (Å²) >= 11 is 0. The molecule has 0 atom stereocenters. The third-order valence-electron chi connectivity index (χ3n) is 4.95. The normalized spacial score (nSPS) is 15.2. The second kappa shape index (κ2) is 6.91. The zero-order valence-corrected chi connectivity index (χ0v) is 14.2. The second-order valence-electron chi connectivity index (χ2n) is 6.49. The van der Waals surface area contributed by atoms with Gasteiger partial charge in [0, 0.05) is 24.1 Å². The molecule has 1 fully saturated rings. The van der Waals surface area contributed by atoms with Crippen LogP contribution in [0.25, 0.3) is 0 Å². The molecule has 1 aliphatic carbocycles. The third kappa shape index (κ3) is 3.07. The molecule has 0 aromatic carbocycles. The predicted molar refractivity (Wildman–Crippen MR) is 91.6 cm³/mol. The van der Waals surface area contributed by atoms with Crippen LogP contribution in [-0.2, 0) is 11.3 Å². The van der Waals surface area contributed by atoms with Gasteiger partial charge in [0.15, 0.2) is 0 Å². The van der Waals surface area contributed by atoms with Crippen molar-refractivity contribution < 1.29 is 4.79 Å². The van der Waals surface area contributed by atoms with Gasteiger partial charge in [-0.3, -0.25) is 4.79 Å². The van der Waals surface area contributed by atoms with Gasteiger partial charge >= 0.3 is 0 Å². The minimum Gasteiger partial charge on any atom is -0.328 e. The Hall–Kier alpha value is -2.55. The van der Waals surface area contributed by atoms with Gasteiger partial charge in [0.25, 0.3) is 0 Å². The number of imidazole rings is 1. The molecule has 0 aliphatic heterocycles. The van der Waals surface area contributed by atoms with E-state index in [0.717, 1.165) is 24.1 Å². The molecule has 3 rings (SSSR count). The summed E-state index contributed by atoms with van der Waals surface area (Å²) in [6.45, 7) is 4.19. The van der Waals surface area contributed by atoms with E-state index in [4.69, 9.17) is 0 Å². The Morgan fingerprint density at radius 3 is 2.75 bits per heavy atom. The molecule has 0 spiro atoms. The Morgan fingerprint density at radius 1 is 1.38 bits per heavy atom. The number of aromatic nitrogens is 3. The summed E-state index contributed by atoms with van der Waals surface area (Å²) < 4.78 is 3.90. The summed E-state index contributed by atoms with van der Waals surface area (Å²) in [6, 6.07) is 2.64. The van der Waals surface area contributed by atoms with Crippen LogP contribution in [0.3, 0.4) is 0 Å². The smallest absolute Gasteiger partial charge is 0.245 e. The van der Waals surface area contributed by atoms with E-state index in [0.29, 0.717) is 17.4 Å². The van der Waals surface area contributed by atoms with Crippen LogP contribution in [0.5, 0.6) is 0 Å². The summed E-state index contributed by atoms with van der Waals surface area (Å²) in [5.41, 5.74) is 2.62. The predicted octanol–water partition coefficient (Wildman–Crippen LogP) is 3.32. The van der Waals surface area contributed by atoms with Crippen LogP contribution >= 0.6 is 0 Å². The van der Waals surface area contributed by atoms with Gasteiger partial charge in [-0.2, -0.15) is 5.26 Å². The van der Waals surface area contributed by atoms with Gasteiger partial charge in [-0.15, -0.1) is 0 Å². The van der Waals surface area contributed by atoms with Crippen LogP contribution in [-0.4, -0.2) is 20.0 Å². The van der Waals surface area contributed by atoms with Gasteiger partial charge in [-0.1, -0.05) is 19.3 Å². The molecule has 0 bridgehead atoms. The maximum absolute atomic E-state index is 12.4. The molecular weight excluding hydrogens is 302 g/mol. The van der Waals surface area contributed by atoms with Crippen molar-refractivity contribution in [3.8, 4) is 6.07 Å². The molecule has 6 nitrogen and oxygen atoms in total. The number of amides is 1. The number of anilines is 1. The zero-order chi connectivity index (χ0) is 17.1. The standard InChI is InChI=1S/C18H23N5O/c1-13-14(2)23(15-6-4-3-5-7-15)18(16(13)10-19)21-17(24)11-22-9-8-20-12-22/h8-9,12,15H,3-7,11H2,1-2H3,(H,21,24). The number of carbonyl (C=O) groups excluding carboxylic acids is 1. The number of rotatable bonds is 4. The van der Waals surface area contributed by atoms with E-state index in [2.05, 4.69) is 20.9 Å². The first kappa shape index (κ1) is 16.3. The van der Waals surface area contributed by atoms with E-state index in [-0.39, 0.29) is 12.5 Å². The quantitative estimate of drug-likeness (QED) is 0.937. The minimum atomic E-state index is -0.140. The van der Waals surface area contributed by atoms with Crippen molar-refractivity contribution in [2.45, 2.75) is 58.5 Å². The van der Waals surface area contributed by atoms with Gasteiger partial charge in [0.1, 0.15) is 18.4 Å². The number of nitriles is 1. The van der Waals surface area contributed by atoms with Crippen LogP contribution < -0.4 is 5.32 Å². The number of carbonyl (C=O) groups is 1. The molecular formula is C18H23N5O. The van der Waals surface area contributed by atoms with Gasteiger partial charge in [0.2, 0.25) is 5.91 Å². The Labute approximate surface area is 142 Å². The lowest BCUT2D eigenvalue weighted by Crippen LogP contribution is -2.23. The van der Waals surface area contributed by atoms with Crippen LogP contribution in [0, 0.1) is 25.2 Å². The van der Waals surface area contributed by atoms with Crippen LogP contribution in [0.4, 0.5) is 5.82 Å². The lowest BCUT2D eigenvalue weighted by molar-refractivity contribution is -0.116. The van der Waals surface area contributed by atoms with Crippen molar-refractivity contribution in [1.82, 2.24) is 14.1 Å². The highest BCUT2D eigenvalue weighted by molar-refractivity contribution is 5.91. The van der Waals surface area contributed by atoms with E-state index >= 15 is 0 Å². The highest BCUT2D eigenvalue weighted by Crippen LogP contribution is 2.36. The summed E-state index contributed by atoms with van der Waals surface area (Å²) in [6.07, 6.45) is 10.9. The highest BCUT2D eigenvalue weighted by Gasteiger charge is 2.25. The molecule has 1 aliphatic rings. The van der Waals surface area contributed by atoms with Crippen molar-refractivity contribution in [1.29, 1.82) is 5.26 Å². The van der Waals surface area contributed by atoms with E-state index in [1.54, 1.807) is 23.3 Å². The van der Waals surface area contributed by atoms with Gasteiger partial charge in [-0.25, -0.2) is 4.98 Å². The molecule has 1 saturated carbocycles. The molecule has 2 heterocycles. The zero-order valence-electron chi connectivity index (χ0n) is 14.2. The van der Waals surface area contributed by atoms with Crippen molar-refractivity contribution in [3.63, 3.8) is 0 Å². The minimum absolute atomic E-state index is 0.140. The SMILES string of the molecule is Cc1c(C#N)c(NC(=O)Cn2ccnc2)n(C2CCCCC2)c1C. The van der Waals surface area contributed by atoms with E-state index in [9.17, 15) is 10.1 Å². The van der Waals surface area contributed by atoms with Gasteiger partial charge in [-0.05, 0) is 32.3 Å². The number of nitrogens with zero attached hydrogens (tertiary/aromatic N) is 4. The summed E-state index contributed by atoms with van der Waals surface area (Å²) in [5.74, 6) is 0.517. The van der Waals surface area contributed by atoms with E-state index in [1.807, 2.05) is 13.8 Å².